The molecule has 3 N–H and O–H groups in total. The quantitative estimate of drug-likeness (QED) is 0.628. The summed E-state index contributed by atoms with van der Waals surface area (Å²) in [7, 11) is 0. The number of primary amides is 1. The number of carbonyl (C=O) groups is 1. The topological polar surface area (TPSA) is 110 Å². The predicted octanol–water partition coefficient (Wildman–Crippen LogP) is 0.901. The molecule has 0 spiro atoms. The molecule has 0 radical (unpaired) electrons. The first kappa shape index (κ1) is 14.3. The molecule has 1 amide bonds. The number of benzene rings is 1. The van der Waals surface area contributed by atoms with Crippen molar-refractivity contribution >= 4 is 17.3 Å². The molecule has 1 saturated heterocycles. The number of carbonyl (C=O) groups excluding carboxylic acids is 1. The highest BCUT2D eigenvalue weighted by molar-refractivity contribution is 5.94. The van der Waals surface area contributed by atoms with Gasteiger partial charge in [0.05, 0.1) is 17.6 Å². The lowest BCUT2D eigenvalue weighted by atomic mass is 10.0. The zero-order valence-electron chi connectivity index (χ0n) is 11.2. The Bertz CT molecular complexity index is 546. The Morgan fingerprint density at radius 3 is 2.85 bits per heavy atom. The van der Waals surface area contributed by atoms with E-state index in [0.717, 1.165) is 6.42 Å². The second-order valence-corrected chi connectivity index (χ2v) is 5.03. The van der Waals surface area contributed by atoms with Crippen molar-refractivity contribution < 1.29 is 14.8 Å². The van der Waals surface area contributed by atoms with Crippen LogP contribution < -0.4 is 10.6 Å². The fourth-order valence-electron chi connectivity index (χ4n) is 2.65. The van der Waals surface area contributed by atoms with Gasteiger partial charge in [0.25, 0.3) is 5.69 Å². The summed E-state index contributed by atoms with van der Waals surface area (Å²) in [4.78, 5) is 23.6. The van der Waals surface area contributed by atoms with Crippen molar-refractivity contribution in [2.75, 3.05) is 18.1 Å². The second-order valence-electron chi connectivity index (χ2n) is 5.03. The number of nitrogens with two attached hydrogens (primary N) is 1. The van der Waals surface area contributed by atoms with Gasteiger partial charge in [-0.1, -0.05) is 6.92 Å². The number of nitrogens with zero attached hydrogens (tertiary/aromatic N) is 2. The van der Waals surface area contributed by atoms with Crippen LogP contribution in [0.2, 0.25) is 0 Å². The second kappa shape index (κ2) is 5.46. The van der Waals surface area contributed by atoms with Crippen molar-refractivity contribution in [3.63, 3.8) is 0 Å². The molecule has 0 aliphatic carbocycles. The molecule has 108 valence electrons. The van der Waals surface area contributed by atoms with Crippen LogP contribution >= 0.6 is 0 Å². The van der Waals surface area contributed by atoms with E-state index in [9.17, 15) is 20.0 Å². The standard InChI is InChI=1S/C13H17N3O4/c1-8-4-5-15(12(8)7-17)10-3-2-9(13(14)18)6-11(10)16(19)20/h2-3,6,8,12,17H,4-5,7H2,1H3,(H2,14,18). The molecule has 20 heavy (non-hydrogen) atoms. The minimum atomic E-state index is -0.701. The monoisotopic (exact) mass is 279 g/mol. The summed E-state index contributed by atoms with van der Waals surface area (Å²) in [5, 5.41) is 20.6. The molecule has 0 bridgehead atoms. The summed E-state index contributed by atoms with van der Waals surface area (Å²) >= 11 is 0. The van der Waals surface area contributed by atoms with E-state index in [0.29, 0.717) is 12.2 Å². The van der Waals surface area contributed by atoms with E-state index in [1.54, 1.807) is 0 Å². The van der Waals surface area contributed by atoms with Crippen LogP contribution in [0.1, 0.15) is 23.7 Å². The van der Waals surface area contributed by atoms with Crippen molar-refractivity contribution in [2.24, 2.45) is 11.7 Å². The molecule has 1 aromatic carbocycles. The van der Waals surface area contributed by atoms with Crippen LogP contribution in [-0.2, 0) is 0 Å². The lowest BCUT2D eigenvalue weighted by Gasteiger charge is -2.27. The van der Waals surface area contributed by atoms with Crippen LogP contribution in [0.25, 0.3) is 0 Å². The lowest BCUT2D eigenvalue weighted by molar-refractivity contribution is -0.384. The van der Waals surface area contributed by atoms with Crippen LogP contribution in [0.4, 0.5) is 11.4 Å². The van der Waals surface area contributed by atoms with Gasteiger partial charge in [-0.15, -0.1) is 0 Å². The molecule has 0 aromatic heterocycles. The van der Waals surface area contributed by atoms with Crippen LogP contribution in [0, 0.1) is 16.0 Å². The summed E-state index contributed by atoms with van der Waals surface area (Å²) in [6.07, 6.45) is 0.861. The Hall–Kier alpha value is -2.15. The van der Waals surface area contributed by atoms with E-state index in [-0.39, 0.29) is 29.8 Å². The number of hydrogen-bond donors (Lipinski definition) is 2. The molecule has 7 nitrogen and oxygen atoms in total. The Morgan fingerprint density at radius 2 is 2.30 bits per heavy atom. The van der Waals surface area contributed by atoms with Crippen LogP contribution in [0.15, 0.2) is 18.2 Å². The molecule has 1 fully saturated rings. The van der Waals surface area contributed by atoms with E-state index in [4.69, 9.17) is 5.73 Å². The summed E-state index contributed by atoms with van der Waals surface area (Å²) in [6, 6.07) is 4.05. The van der Waals surface area contributed by atoms with E-state index in [1.165, 1.54) is 18.2 Å². The van der Waals surface area contributed by atoms with E-state index in [1.807, 2.05) is 11.8 Å². The molecule has 1 heterocycles. The van der Waals surface area contributed by atoms with Gasteiger partial charge < -0.3 is 15.7 Å². The third-order valence-corrected chi connectivity index (χ3v) is 3.84. The molecule has 7 heteroatoms. The number of aliphatic hydroxyl groups is 1. The minimum Gasteiger partial charge on any atom is -0.394 e. The van der Waals surface area contributed by atoms with Crippen molar-refractivity contribution in [3.05, 3.63) is 33.9 Å². The summed E-state index contributed by atoms with van der Waals surface area (Å²) in [6.45, 7) is 2.59. The summed E-state index contributed by atoms with van der Waals surface area (Å²) in [5.41, 5.74) is 5.51. The molecular weight excluding hydrogens is 262 g/mol. The number of amides is 1. The number of hydrogen-bond acceptors (Lipinski definition) is 5. The Labute approximate surface area is 116 Å². The number of rotatable bonds is 4. The smallest absolute Gasteiger partial charge is 0.293 e. The van der Waals surface area contributed by atoms with Gasteiger partial charge in [-0.05, 0) is 24.5 Å². The minimum absolute atomic E-state index is 0.0596. The Morgan fingerprint density at radius 1 is 1.60 bits per heavy atom. The maximum absolute atomic E-state index is 11.2. The van der Waals surface area contributed by atoms with E-state index < -0.39 is 10.8 Å². The largest absolute Gasteiger partial charge is 0.394 e. The third kappa shape index (κ3) is 2.44. The molecule has 1 aromatic rings. The van der Waals surface area contributed by atoms with Crippen molar-refractivity contribution in [1.82, 2.24) is 0 Å². The van der Waals surface area contributed by atoms with Gasteiger partial charge >= 0.3 is 0 Å². The molecule has 1 aliphatic rings. The van der Waals surface area contributed by atoms with Crippen LogP contribution in [0.5, 0.6) is 0 Å². The van der Waals surface area contributed by atoms with Gasteiger partial charge in [-0.25, -0.2) is 0 Å². The number of nitro benzene ring substituents is 1. The Balaban J connectivity index is 2.46. The van der Waals surface area contributed by atoms with Crippen molar-refractivity contribution in [2.45, 2.75) is 19.4 Å². The maximum Gasteiger partial charge on any atom is 0.293 e. The highest BCUT2D eigenvalue weighted by Crippen LogP contribution is 2.36. The van der Waals surface area contributed by atoms with Gasteiger partial charge in [0.2, 0.25) is 5.91 Å². The van der Waals surface area contributed by atoms with E-state index in [2.05, 4.69) is 0 Å². The van der Waals surface area contributed by atoms with Crippen LogP contribution in [-0.4, -0.2) is 35.1 Å². The average Bonchev–Trinajstić information content (AvgIpc) is 2.78. The Kier molecular flexibility index (Phi) is 3.89. The van der Waals surface area contributed by atoms with Crippen molar-refractivity contribution in [3.8, 4) is 0 Å². The molecule has 0 saturated carbocycles. The SMILES string of the molecule is CC1CCN(c2ccc(C(N)=O)cc2[N+](=O)[O-])C1CO. The zero-order chi connectivity index (χ0) is 14.9. The molecule has 2 unspecified atom stereocenters. The lowest BCUT2D eigenvalue weighted by Crippen LogP contribution is -2.35. The van der Waals surface area contributed by atoms with Gasteiger partial charge in [0, 0.05) is 18.2 Å². The molecular formula is C13H17N3O4. The van der Waals surface area contributed by atoms with Gasteiger partial charge in [0.1, 0.15) is 5.69 Å². The zero-order valence-corrected chi connectivity index (χ0v) is 11.2. The average molecular weight is 279 g/mol. The molecule has 2 atom stereocenters. The maximum atomic E-state index is 11.2. The summed E-state index contributed by atoms with van der Waals surface area (Å²) in [5.74, 6) is -0.441. The highest BCUT2D eigenvalue weighted by Gasteiger charge is 2.34. The van der Waals surface area contributed by atoms with Crippen molar-refractivity contribution in [1.29, 1.82) is 0 Å². The predicted molar refractivity (Wildman–Crippen MR) is 73.6 cm³/mol. The first-order valence-corrected chi connectivity index (χ1v) is 6.41. The first-order chi connectivity index (χ1) is 9.45. The van der Waals surface area contributed by atoms with Crippen LogP contribution in [0.3, 0.4) is 0 Å². The van der Waals surface area contributed by atoms with Gasteiger partial charge in [-0.2, -0.15) is 0 Å². The third-order valence-electron chi connectivity index (χ3n) is 3.84. The fourth-order valence-corrected chi connectivity index (χ4v) is 2.65. The summed E-state index contributed by atoms with van der Waals surface area (Å²) < 4.78 is 0. The van der Waals surface area contributed by atoms with Gasteiger partial charge in [-0.3, -0.25) is 14.9 Å². The first-order valence-electron chi connectivity index (χ1n) is 6.41. The van der Waals surface area contributed by atoms with E-state index >= 15 is 0 Å². The highest BCUT2D eigenvalue weighted by atomic mass is 16.6. The van der Waals surface area contributed by atoms with Gasteiger partial charge in [0.15, 0.2) is 0 Å². The number of nitro groups is 1. The number of aliphatic hydroxyl groups excluding tert-OH is 1. The number of anilines is 1. The normalized spacial score (nSPS) is 22.0. The molecule has 1 aliphatic heterocycles. The fraction of sp³-hybridized carbons (Fsp3) is 0.462. The molecule has 2 rings (SSSR count).